The van der Waals surface area contributed by atoms with Crippen molar-refractivity contribution < 1.29 is 5.48 Å². The molecule has 0 aromatic carbocycles. The van der Waals surface area contributed by atoms with Crippen LogP contribution in [0.15, 0.2) is 0 Å². The second-order valence-electron chi connectivity index (χ2n) is 4.36. The highest BCUT2D eigenvalue weighted by molar-refractivity contribution is 4.81. The zero-order chi connectivity index (χ0) is 7.68. The zero-order valence-electron chi connectivity index (χ0n) is 8.05. The number of likely N-dealkylation sites (tertiary alicyclic amines) is 1. The quantitative estimate of drug-likeness (QED) is 0.541. The van der Waals surface area contributed by atoms with E-state index in [9.17, 15) is 0 Å². The third kappa shape index (κ3) is 1.99. The molecule has 72 valence electrons. The van der Waals surface area contributed by atoms with Gasteiger partial charge in [0.2, 0.25) is 0 Å². The minimum absolute atomic E-state index is 0. The zero-order valence-corrected chi connectivity index (χ0v) is 8.05. The maximum Gasteiger partial charge on any atom is 0.000926 e. The molecule has 1 aliphatic heterocycles. The summed E-state index contributed by atoms with van der Waals surface area (Å²) in [5.41, 5.74) is 0. The smallest absolute Gasteiger partial charge is 0.000926 e. The Bertz CT molecular complexity index is 138. The molecule has 2 aliphatic rings. The maximum atomic E-state index is 2.51. The van der Waals surface area contributed by atoms with E-state index in [-0.39, 0.29) is 5.48 Å². The lowest BCUT2D eigenvalue weighted by Crippen LogP contribution is -2.39. The topological polar surface area (TPSA) is 34.7 Å². The molecule has 2 rings (SSSR count). The molecule has 2 N–H and O–H groups in total. The predicted molar refractivity (Wildman–Crippen MR) is 51.2 cm³/mol. The van der Waals surface area contributed by atoms with Gasteiger partial charge in [0.1, 0.15) is 0 Å². The van der Waals surface area contributed by atoms with E-state index in [1.54, 1.807) is 0 Å². The van der Waals surface area contributed by atoms with E-state index in [2.05, 4.69) is 11.9 Å². The van der Waals surface area contributed by atoms with E-state index in [4.69, 9.17) is 0 Å². The molecule has 1 heterocycles. The SMILES string of the molecule is CN1CCC2CCCCC2C1.O. The standard InChI is InChI=1S/C10H19N.H2O/c1-11-7-6-9-4-2-3-5-10(9)8-11;/h9-10H,2-8H2,1H3;1H2. The van der Waals surface area contributed by atoms with Crippen LogP contribution in [0.25, 0.3) is 0 Å². The molecule has 2 heteroatoms. The first kappa shape index (κ1) is 10.0. The first-order valence-electron chi connectivity index (χ1n) is 5.05. The highest BCUT2D eigenvalue weighted by Gasteiger charge is 2.29. The van der Waals surface area contributed by atoms with E-state index in [1.807, 2.05) is 0 Å². The summed E-state index contributed by atoms with van der Waals surface area (Å²) in [6, 6.07) is 0. The van der Waals surface area contributed by atoms with Crippen molar-refractivity contribution >= 4 is 0 Å². The van der Waals surface area contributed by atoms with E-state index in [1.165, 1.54) is 45.2 Å². The summed E-state index contributed by atoms with van der Waals surface area (Å²) in [5.74, 6) is 2.16. The lowest BCUT2D eigenvalue weighted by Gasteiger charge is -2.39. The monoisotopic (exact) mass is 171 g/mol. The molecule has 12 heavy (non-hydrogen) atoms. The van der Waals surface area contributed by atoms with Crippen molar-refractivity contribution in [2.45, 2.75) is 32.1 Å². The summed E-state index contributed by atoms with van der Waals surface area (Å²) in [7, 11) is 2.27. The number of rotatable bonds is 0. The van der Waals surface area contributed by atoms with Gasteiger partial charge >= 0.3 is 0 Å². The summed E-state index contributed by atoms with van der Waals surface area (Å²) in [6.07, 6.45) is 7.51. The van der Waals surface area contributed by atoms with Crippen molar-refractivity contribution in [2.24, 2.45) is 11.8 Å². The van der Waals surface area contributed by atoms with Gasteiger partial charge in [-0.05, 0) is 38.3 Å². The van der Waals surface area contributed by atoms with Crippen molar-refractivity contribution in [3.8, 4) is 0 Å². The fourth-order valence-electron chi connectivity index (χ4n) is 2.78. The summed E-state index contributed by atoms with van der Waals surface area (Å²) < 4.78 is 0. The van der Waals surface area contributed by atoms with Crippen molar-refractivity contribution in [1.82, 2.24) is 4.90 Å². The van der Waals surface area contributed by atoms with Crippen LogP contribution in [0, 0.1) is 11.8 Å². The van der Waals surface area contributed by atoms with Crippen LogP contribution in [0.2, 0.25) is 0 Å². The van der Waals surface area contributed by atoms with Gasteiger partial charge in [0, 0.05) is 6.54 Å². The molecule has 1 saturated carbocycles. The van der Waals surface area contributed by atoms with Gasteiger partial charge in [-0.15, -0.1) is 0 Å². The molecule has 2 unspecified atom stereocenters. The lowest BCUT2D eigenvalue weighted by atomic mass is 9.75. The minimum atomic E-state index is 0. The van der Waals surface area contributed by atoms with Crippen molar-refractivity contribution in [2.75, 3.05) is 20.1 Å². The average molecular weight is 171 g/mol. The molecule has 0 aromatic heterocycles. The molecule has 0 spiro atoms. The summed E-state index contributed by atoms with van der Waals surface area (Å²) in [5, 5.41) is 0. The Hall–Kier alpha value is -0.0800. The molecule has 1 aliphatic carbocycles. The van der Waals surface area contributed by atoms with Gasteiger partial charge in [0.05, 0.1) is 0 Å². The third-order valence-electron chi connectivity index (χ3n) is 3.49. The second kappa shape index (κ2) is 4.24. The predicted octanol–water partition coefficient (Wildman–Crippen LogP) is 1.30. The third-order valence-corrected chi connectivity index (χ3v) is 3.49. The summed E-state index contributed by atoms with van der Waals surface area (Å²) in [6.45, 7) is 2.73. The highest BCUT2D eigenvalue weighted by atomic mass is 16.0. The van der Waals surface area contributed by atoms with Crippen LogP contribution in [0.4, 0.5) is 0 Å². The van der Waals surface area contributed by atoms with Crippen molar-refractivity contribution in [1.29, 1.82) is 0 Å². The normalized spacial score (nSPS) is 36.8. The molecule has 0 amide bonds. The van der Waals surface area contributed by atoms with Crippen LogP contribution in [0.1, 0.15) is 32.1 Å². The number of nitrogens with zero attached hydrogens (tertiary/aromatic N) is 1. The number of fused-ring (bicyclic) bond motifs is 1. The van der Waals surface area contributed by atoms with Gasteiger partial charge in [0.15, 0.2) is 0 Å². The Morgan fingerprint density at radius 3 is 2.42 bits per heavy atom. The number of hydrogen-bond acceptors (Lipinski definition) is 1. The Kier molecular flexibility index (Phi) is 3.53. The first-order valence-corrected chi connectivity index (χ1v) is 5.05. The minimum Gasteiger partial charge on any atom is -0.412 e. The maximum absolute atomic E-state index is 2.51. The van der Waals surface area contributed by atoms with E-state index < -0.39 is 0 Å². The Morgan fingerprint density at radius 1 is 1.00 bits per heavy atom. The largest absolute Gasteiger partial charge is 0.412 e. The van der Waals surface area contributed by atoms with Crippen LogP contribution in [-0.2, 0) is 0 Å². The Balaban J connectivity index is 0.000000720. The van der Waals surface area contributed by atoms with E-state index in [0.717, 1.165) is 11.8 Å². The molecule has 0 aromatic rings. The molecule has 2 fully saturated rings. The summed E-state index contributed by atoms with van der Waals surface area (Å²) in [4.78, 5) is 2.51. The van der Waals surface area contributed by atoms with Crippen LogP contribution in [0.5, 0.6) is 0 Å². The molecule has 0 bridgehead atoms. The Labute approximate surface area is 75.3 Å². The number of hydrogen-bond donors (Lipinski definition) is 0. The van der Waals surface area contributed by atoms with Gasteiger partial charge in [-0.3, -0.25) is 0 Å². The fourth-order valence-corrected chi connectivity index (χ4v) is 2.78. The molecule has 2 atom stereocenters. The highest BCUT2D eigenvalue weighted by Crippen LogP contribution is 2.35. The van der Waals surface area contributed by atoms with Gasteiger partial charge < -0.3 is 10.4 Å². The summed E-state index contributed by atoms with van der Waals surface area (Å²) >= 11 is 0. The first-order chi connectivity index (χ1) is 5.36. The molecular formula is C10H21NO. The van der Waals surface area contributed by atoms with E-state index in [0.29, 0.717) is 0 Å². The average Bonchev–Trinajstić information content (AvgIpc) is 2.04. The van der Waals surface area contributed by atoms with Crippen molar-refractivity contribution in [3.05, 3.63) is 0 Å². The Morgan fingerprint density at radius 2 is 1.67 bits per heavy atom. The van der Waals surface area contributed by atoms with Crippen LogP contribution < -0.4 is 0 Å². The van der Waals surface area contributed by atoms with Gasteiger partial charge in [0.25, 0.3) is 0 Å². The number of piperidine rings is 1. The molecule has 0 radical (unpaired) electrons. The molecule has 1 saturated heterocycles. The van der Waals surface area contributed by atoms with Gasteiger partial charge in [-0.2, -0.15) is 0 Å². The molecule has 2 nitrogen and oxygen atoms in total. The van der Waals surface area contributed by atoms with Gasteiger partial charge in [-0.1, -0.05) is 19.3 Å². The molecular weight excluding hydrogens is 150 g/mol. The van der Waals surface area contributed by atoms with E-state index >= 15 is 0 Å². The van der Waals surface area contributed by atoms with Crippen LogP contribution in [0.3, 0.4) is 0 Å². The second-order valence-corrected chi connectivity index (χ2v) is 4.36. The van der Waals surface area contributed by atoms with Crippen LogP contribution >= 0.6 is 0 Å². The lowest BCUT2D eigenvalue weighted by molar-refractivity contribution is 0.105. The van der Waals surface area contributed by atoms with Gasteiger partial charge in [-0.25, -0.2) is 0 Å². The fraction of sp³-hybridized carbons (Fsp3) is 1.00. The van der Waals surface area contributed by atoms with Crippen LogP contribution in [-0.4, -0.2) is 30.5 Å². The van der Waals surface area contributed by atoms with Crippen molar-refractivity contribution in [3.63, 3.8) is 0 Å².